The molecule has 6 rings (SSSR count). The van der Waals surface area contributed by atoms with Gasteiger partial charge in [-0.15, -0.1) is 0 Å². The molecule has 0 radical (unpaired) electrons. The smallest absolute Gasteiger partial charge is 0.290 e. The molecule has 1 atom stereocenters. The summed E-state index contributed by atoms with van der Waals surface area (Å²) in [6, 6.07) is 5.31. The van der Waals surface area contributed by atoms with Crippen LogP contribution in [0.3, 0.4) is 0 Å². The lowest BCUT2D eigenvalue weighted by atomic mass is 9.52. The highest BCUT2D eigenvalue weighted by Gasteiger charge is 2.59. The summed E-state index contributed by atoms with van der Waals surface area (Å²) in [6.07, 6.45) is 6.36. The standard InChI is InChI=1S/C22H24N2O5/c1-12(25)18-19(16-2-4-17(5-3-16)24(28)29)23(21(27)20(18)26)22-9-13-6-14(10-22)8-15(7-13)11-22/h2-5,13-15,19,26H,6-11H2,1H3. The minimum atomic E-state index is -0.683. The number of nitro groups is 1. The minimum Gasteiger partial charge on any atom is -0.503 e. The summed E-state index contributed by atoms with van der Waals surface area (Å²) in [7, 11) is 0. The Labute approximate surface area is 168 Å². The third-order valence-corrected chi connectivity index (χ3v) is 7.52. The van der Waals surface area contributed by atoms with E-state index >= 15 is 0 Å². The Morgan fingerprint density at radius 1 is 1.10 bits per heavy atom. The van der Waals surface area contributed by atoms with Crippen molar-refractivity contribution in [3.8, 4) is 0 Å². The molecule has 4 fully saturated rings. The van der Waals surface area contributed by atoms with Crippen LogP contribution in [0.5, 0.6) is 0 Å². The van der Waals surface area contributed by atoms with Crippen molar-refractivity contribution < 1.29 is 19.6 Å². The van der Waals surface area contributed by atoms with Crippen molar-refractivity contribution in [1.82, 2.24) is 4.90 Å². The fraction of sp³-hybridized carbons (Fsp3) is 0.545. The number of nitrogens with zero attached hydrogens (tertiary/aromatic N) is 2. The summed E-state index contributed by atoms with van der Waals surface area (Å²) in [5, 5.41) is 21.7. The number of hydrogen-bond acceptors (Lipinski definition) is 5. The first-order valence-electron chi connectivity index (χ1n) is 10.3. The Morgan fingerprint density at radius 2 is 1.62 bits per heavy atom. The van der Waals surface area contributed by atoms with Crippen LogP contribution in [0, 0.1) is 27.9 Å². The minimum absolute atomic E-state index is 0.0444. The molecule has 1 unspecified atom stereocenters. The van der Waals surface area contributed by atoms with Crippen molar-refractivity contribution in [2.24, 2.45) is 17.8 Å². The van der Waals surface area contributed by atoms with Gasteiger partial charge in [-0.3, -0.25) is 19.7 Å². The zero-order chi connectivity index (χ0) is 20.5. The normalized spacial score (nSPS) is 35.5. The largest absolute Gasteiger partial charge is 0.503 e. The van der Waals surface area contributed by atoms with Crippen LogP contribution in [0.2, 0.25) is 0 Å². The van der Waals surface area contributed by atoms with E-state index in [0.29, 0.717) is 23.3 Å². The van der Waals surface area contributed by atoms with Gasteiger partial charge in [-0.05, 0) is 80.9 Å². The summed E-state index contributed by atoms with van der Waals surface area (Å²) in [4.78, 5) is 38.0. The molecule has 4 aliphatic carbocycles. The summed E-state index contributed by atoms with van der Waals surface area (Å²) in [5.41, 5.74) is 0.356. The second kappa shape index (κ2) is 6.15. The van der Waals surface area contributed by atoms with E-state index in [0.717, 1.165) is 19.3 Å². The molecule has 4 bridgehead atoms. The molecule has 0 spiro atoms. The van der Waals surface area contributed by atoms with Crippen LogP contribution >= 0.6 is 0 Å². The molecular formula is C22H24N2O5. The maximum Gasteiger partial charge on any atom is 0.290 e. The zero-order valence-electron chi connectivity index (χ0n) is 16.3. The molecule has 29 heavy (non-hydrogen) atoms. The van der Waals surface area contributed by atoms with Crippen LogP contribution in [-0.4, -0.2) is 32.2 Å². The number of rotatable bonds is 4. The van der Waals surface area contributed by atoms with Gasteiger partial charge in [0.2, 0.25) is 0 Å². The van der Waals surface area contributed by atoms with Crippen molar-refractivity contribution in [3.05, 3.63) is 51.3 Å². The maximum atomic E-state index is 13.3. The highest BCUT2D eigenvalue weighted by molar-refractivity contribution is 6.08. The Bertz CT molecular complexity index is 913. The lowest BCUT2D eigenvalue weighted by molar-refractivity contribution is -0.384. The summed E-state index contributed by atoms with van der Waals surface area (Å²) < 4.78 is 0. The van der Waals surface area contributed by atoms with Crippen LogP contribution in [0.25, 0.3) is 0 Å². The highest BCUT2D eigenvalue weighted by Crippen LogP contribution is 2.60. The first-order valence-corrected chi connectivity index (χ1v) is 10.3. The second-order valence-corrected chi connectivity index (χ2v) is 9.39. The van der Waals surface area contributed by atoms with Crippen molar-refractivity contribution >= 4 is 17.4 Å². The molecule has 1 heterocycles. The number of carbonyl (C=O) groups excluding carboxylic acids is 2. The number of nitro benzene ring substituents is 1. The number of aliphatic hydroxyl groups is 1. The Hall–Kier alpha value is -2.70. The average molecular weight is 396 g/mol. The molecule has 7 heteroatoms. The predicted molar refractivity (Wildman–Crippen MR) is 104 cm³/mol. The molecule has 0 aromatic heterocycles. The molecular weight excluding hydrogens is 372 g/mol. The van der Waals surface area contributed by atoms with Crippen LogP contribution in [0.4, 0.5) is 5.69 Å². The maximum absolute atomic E-state index is 13.3. The highest BCUT2D eigenvalue weighted by atomic mass is 16.6. The number of amides is 1. The fourth-order valence-corrected chi connectivity index (χ4v) is 6.91. The van der Waals surface area contributed by atoms with Gasteiger partial charge in [0, 0.05) is 17.7 Å². The summed E-state index contributed by atoms with van der Waals surface area (Å²) in [6.45, 7) is 1.36. The van der Waals surface area contributed by atoms with E-state index in [4.69, 9.17) is 0 Å². The average Bonchev–Trinajstić information content (AvgIpc) is 2.92. The Kier molecular flexibility index (Phi) is 3.89. The van der Waals surface area contributed by atoms with Gasteiger partial charge < -0.3 is 10.0 Å². The van der Waals surface area contributed by atoms with Crippen LogP contribution in [0.15, 0.2) is 35.6 Å². The SMILES string of the molecule is CC(=O)C1=C(O)C(=O)N(C23CC4CC(CC(C4)C2)C3)C1c1ccc([N+](=O)[O-])cc1. The monoisotopic (exact) mass is 396 g/mol. The van der Waals surface area contributed by atoms with Crippen LogP contribution < -0.4 is 0 Å². The molecule has 1 aromatic carbocycles. The molecule has 4 saturated carbocycles. The number of carbonyl (C=O) groups is 2. The predicted octanol–water partition coefficient (Wildman–Crippen LogP) is 3.85. The van der Waals surface area contributed by atoms with Crippen molar-refractivity contribution in [1.29, 1.82) is 0 Å². The zero-order valence-corrected chi connectivity index (χ0v) is 16.3. The van der Waals surface area contributed by atoms with Crippen molar-refractivity contribution in [2.45, 2.75) is 57.0 Å². The van der Waals surface area contributed by atoms with E-state index in [2.05, 4.69) is 0 Å². The van der Waals surface area contributed by atoms with E-state index in [9.17, 15) is 24.8 Å². The van der Waals surface area contributed by atoms with E-state index in [-0.39, 0.29) is 22.6 Å². The summed E-state index contributed by atoms with van der Waals surface area (Å²) in [5.74, 6) is 0.503. The number of Topliss-reactive ketones (excluding diaryl/α,β-unsaturated/α-hetero) is 1. The first kappa shape index (κ1) is 18.3. The van der Waals surface area contributed by atoms with E-state index < -0.39 is 22.6 Å². The fourth-order valence-electron chi connectivity index (χ4n) is 6.91. The number of aliphatic hydroxyl groups excluding tert-OH is 1. The topological polar surface area (TPSA) is 101 Å². The number of ketones is 1. The third-order valence-electron chi connectivity index (χ3n) is 7.52. The van der Waals surface area contributed by atoms with Gasteiger partial charge in [0.25, 0.3) is 11.6 Å². The lowest BCUT2D eigenvalue weighted by Crippen LogP contribution is -2.61. The molecule has 152 valence electrons. The number of hydrogen-bond donors (Lipinski definition) is 1. The van der Waals surface area contributed by atoms with Gasteiger partial charge in [-0.2, -0.15) is 0 Å². The quantitative estimate of drug-likeness (QED) is 0.615. The van der Waals surface area contributed by atoms with E-state index in [1.54, 1.807) is 17.0 Å². The van der Waals surface area contributed by atoms with Gasteiger partial charge in [0.1, 0.15) is 0 Å². The van der Waals surface area contributed by atoms with Gasteiger partial charge >= 0.3 is 0 Å². The van der Waals surface area contributed by atoms with E-state index in [1.165, 1.54) is 38.3 Å². The lowest BCUT2D eigenvalue weighted by Gasteiger charge is -2.60. The van der Waals surface area contributed by atoms with Crippen LogP contribution in [-0.2, 0) is 9.59 Å². The van der Waals surface area contributed by atoms with Gasteiger partial charge in [-0.1, -0.05) is 0 Å². The Morgan fingerprint density at radius 3 is 2.07 bits per heavy atom. The van der Waals surface area contributed by atoms with Gasteiger partial charge in [0.15, 0.2) is 11.5 Å². The van der Waals surface area contributed by atoms with Crippen molar-refractivity contribution in [2.75, 3.05) is 0 Å². The number of non-ortho nitro benzene ring substituents is 1. The van der Waals surface area contributed by atoms with Gasteiger partial charge in [0.05, 0.1) is 16.5 Å². The molecule has 0 saturated heterocycles. The Balaban J connectivity index is 1.61. The molecule has 7 nitrogen and oxygen atoms in total. The molecule has 5 aliphatic rings. The molecule has 1 aromatic rings. The first-order chi connectivity index (χ1) is 13.8. The van der Waals surface area contributed by atoms with E-state index in [1.807, 2.05) is 0 Å². The van der Waals surface area contributed by atoms with Crippen LogP contribution in [0.1, 0.15) is 57.1 Å². The number of benzene rings is 1. The van der Waals surface area contributed by atoms with Gasteiger partial charge in [-0.25, -0.2) is 0 Å². The summed E-state index contributed by atoms with van der Waals surface area (Å²) >= 11 is 0. The third kappa shape index (κ3) is 2.63. The molecule has 1 amide bonds. The molecule has 1 aliphatic heterocycles. The molecule has 1 N–H and O–H groups in total. The second-order valence-electron chi connectivity index (χ2n) is 9.39. The van der Waals surface area contributed by atoms with Crippen molar-refractivity contribution in [3.63, 3.8) is 0 Å².